The Balaban J connectivity index is 0.000000516. The van der Waals surface area contributed by atoms with E-state index in [2.05, 4.69) is 26.6 Å². The minimum absolute atomic E-state index is 0.503. The van der Waals surface area contributed by atoms with Crippen LogP contribution >= 0.6 is 7.82 Å². The van der Waals surface area contributed by atoms with E-state index in [1.165, 1.54) is 17.1 Å². The van der Waals surface area contributed by atoms with Crippen LogP contribution in [0.2, 0.25) is 0 Å². The Kier molecular flexibility index (Phi) is 5.72. The van der Waals surface area contributed by atoms with Crippen molar-refractivity contribution in [2.45, 2.75) is 31.4 Å². The van der Waals surface area contributed by atoms with Crippen LogP contribution in [0.1, 0.15) is 25.7 Å². The van der Waals surface area contributed by atoms with E-state index in [1.807, 2.05) is 6.07 Å². The third-order valence-corrected chi connectivity index (χ3v) is 4.97. The Morgan fingerprint density at radius 1 is 1.39 bits per heavy atom. The summed E-state index contributed by atoms with van der Waals surface area (Å²) in [4.78, 5) is 30.0. The summed E-state index contributed by atoms with van der Waals surface area (Å²) < 4.78 is 18.0. The van der Waals surface area contributed by atoms with Crippen molar-refractivity contribution in [2.75, 3.05) is 0 Å². The van der Waals surface area contributed by atoms with Gasteiger partial charge in [0.1, 0.15) is 12.0 Å². The average molecular weight is 402 g/mol. The fourth-order valence-corrected chi connectivity index (χ4v) is 3.99. The molecule has 1 saturated carbocycles. The number of fused-ring (bicyclic) bond motifs is 1. The van der Waals surface area contributed by atoms with Crippen LogP contribution in [0.3, 0.4) is 0 Å². The molecule has 0 unspecified atom stereocenters. The minimum atomic E-state index is -4.63. The lowest BCUT2D eigenvalue weighted by molar-refractivity contribution is -0.0377. The van der Waals surface area contributed by atoms with Crippen LogP contribution in [0.15, 0.2) is 43.6 Å². The van der Waals surface area contributed by atoms with Crippen LogP contribution in [0.4, 0.5) is 0 Å². The van der Waals surface area contributed by atoms with Gasteiger partial charge in [0.15, 0.2) is 5.72 Å². The maximum atomic E-state index is 11.4. The average Bonchev–Trinajstić information content (AvgIpc) is 3.40. The van der Waals surface area contributed by atoms with Gasteiger partial charge in [0.2, 0.25) is 0 Å². The van der Waals surface area contributed by atoms with Crippen LogP contribution in [0.5, 0.6) is 0 Å². The minimum Gasteiger partial charge on any atom is -0.346 e. The molecule has 3 aromatic rings. The van der Waals surface area contributed by atoms with Crippen molar-refractivity contribution < 1.29 is 18.9 Å². The van der Waals surface area contributed by atoms with E-state index in [-0.39, 0.29) is 0 Å². The Morgan fingerprint density at radius 3 is 2.75 bits per heavy atom. The van der Waals surface area contributed by atoms with Crippen LogP contribution in [0, 0.1) is 11.3 Å². The maximum Gasteiger partial charge on any atom is 0.471 e. The summed E-state index contributed by atoms with van der Waals surface area (Å²) >= 11 is 0. The molecule has 146 valence electrons. The Bertz CT molecular complexity index is 1060. The lowest BCUT2D eigenvalue weighted by atomic mass is 10.1. The molecule has 1 aliphatic rings. The van der Waals surface area contributed by atoms with Crippen LogP contribution in [-0.4, -0.2) is 34.5 Å². The van der Waals surface area contributed by atoms with E-state index in [0.29, 0.717) is 18.5 Å². The molecule has 11 heteroatoms. The van der Waals surface area contributed by atoms with Gasteiger partial charge in [0.25, 0.3) is 0 Å². The number of hydrogen-bond donors (Lipinski definition) is 3. The predicted molar refractivity (Wildman–Crippen MR) is 100 cm³/mol. The highest BCUT2D eigenvalue weighted by atomic mass is 31.2. The van der Waals surface area contributed by atoms with E-state index in [1.54, 1.807) is 24.7 Å². The molecule has 1 aliphatic carbocycles. The van der Waals surface area contributed by atoms with Gasteiger partial charge in [-0.25, -0.2) is 19.2 Å². The van der Waals surface area contributed by atoms with Crippen LogP contribution in [-0.2, 0) is 14.8 Å². The molecule has 0 spiro atoms. The molecular formula is C17H19N6O4P. The summed E-state index contributed by atoms with van der Waals surface area (Å²) in [5.74, 6) is 0. The number of nitriles is 1. The SMILES string of the molecule is C=CC#N.O=P(O)(O)OC1(n2cc(-c3ncnc4[nH]ccc34)cn2)CCCC1. The van der Waals surface area contributed by atoms with Crippen molar-refractivity contribution in [3.05, 3.63) is 43.6 Å². The van der Waals surface area contributed by atoms with E-state index in [0.717, 1.165) is 29.4 Å². The topological polar surface area (TPSA) is 150 Å². The summed E-state index contributed by atoms with van der Waals surface area (Å²) in [6.45, 7) is 3.12. The smallest absolute Gasteiger partial charge is 0.346 e. The number of allylic oxidation sites excluding steroid dienone is 1. The highest BCUT2D eigenvalue weighted by molar-refractivity contribution is 7.46. The fraction of sp³-hybridized carbons (Fsp3) is 0.294. The summed E-state index contributed by atoms with van der Waals surface area (Å²) in [6.07, 6.45) is 10.4. The Hall–Kier alpha value is -2.83. The number of phosphoric acid groups is 1. The second-order valence-corrected chi connectivity index (χ2v) is 7.37. The monoisotopic (exact) mass is 402 g/mol. The largest absolute Gasteiger partial charge is 0.471 e. The van der Waals surface area contributed by atoms with Gasteiger partial charge >= 0.3 is 7.82 Å². The Morgan fingerprint density at radius 2 is 2.11 bits per heavy atom. The molecule has 10 nitrogen and oxygen atoms in total. The molecule has 0 aliphatic heterocycles. The quantitative estimate of drug-likeness (QED) is 0.445. The number of hydrogen-bond acceptors (Lipinski definition) is 6. The molecule has 0 amide bonds. The number of rotatable bonds is 4. The van der Waals surface area contributed by atoms with Gasteiger partial charge in [0.05, 0.1) is 18.0 Å². The Labute approximate surface area is 160 Å². The highest BCUT2D eigenvalue weighted by Gasteiger charge is 2.43. The van der Waals surface area contributed by atoms with E-state index in [4.69, 9.17) is 9.79 Å². The summed E-state index contributed by atoms with van der Waals surface area (Å²) in [6, 6.07) is 3.57. The zero-order valence-corrected chi connectivity index (χ0v) is 15.8. The summed E-state index contributed by atoms with van der Waals surface area (Å²) in [7, 11) is -4.63. The molecule has 4 rings (SSSR count). The van der Waals surface area contributed by atoms with Gasteiger partial charge in [0, 0.05) is 29.4 Å². The van der Waals surface area contributed by atoms with Gasteiger partial charge in [-0.1, -0.05) is 6.58 Å². The number of aromatic nitrogens is 5. The molecule has 3 aromatic heterocycles. The van der Waals surface area contributed by atoms with Gasteiger partial charge < -0.3 is 14.8 Å². The second-order valence-electron chi connectivity index (χ2n) is 6.20. The first-order valence-electron chi connectivity index (χ1n) is 8.49. The molecule has 0 aromatic carbocycles. The number of H-pyrrole nitrogens is 1. The molecule has 3 heterocycles. The molecular weight excluding hydrogens is 383 g/mol. The molecule has 0 bridgehead atoms. The van der Waals surface area contributed by atoms with Crippen LogP contribution in [0.25, 0.3) is 22.3 Å². The number of phosphoric ester groups is 1. The van der Waals surface area contributed by atoms with E-state index in [9.17, 15) is 14.4 Å². The lowest BCUT2D eigenvalue weighted by Crippen LogP contribution is -2.33. The zero-order chi connectivity index (χ0) is 20.2. The van der Waals surface area contributed by atoms with Gasteiger partial charge in [-0.15, -0.1) is 0 Å². The third kappa shape index (κ3) is 4.18. The van der Waals surface area contributed by atoms with Gasteiger partial charge in [-0.3, -0.25) is 4.52 Å². The van der Waals surface area contributed by atoms with E-state index < -0.39 is 13.5 Å². The maximum absolute atomic E-state index is 11.4. The highest BCUT2D eigenvalue weighted by Crippen LogP contribution is 2.50. The standard InChI is InChI=1S/C14H16N5O4P.C3H3N/c20-24(21,22)23-14(4-1-2-5-14)19-8-10(7-18-19)12-11-3-6-15-13(11)17-9-16-12;1-2-3-4/h3,6-9H,1-2,4-5H2,(H,15,16,17)(H2,20,21,22);2H,1H2. The van der Waals surface area contributed by atoms with Crippen molar-refractivity contribution in [1.29, 1.82) is 5.26 Å². The predicted octanol–water partition coefficient (Wildman–Crippen LogP) is 2.85. The lowest BCUT2D eigenvalue weighted by Gasteiger charge is -2.29. The number of aromatic amines is 1. The molecule has 0 atom stereocenters. The van der Waals surface area contributed by atoms with Crippen molar-refractivity contribution in [2.24, 2.45) is 0 Å². The van der Waals surface area contributed by atoms with E-state index >= 15 is 0 Å². The van der Waals surface area contributed by atoms with Crippen molar-refractivity contribution in [3.8, 4) is 17.3 Å². The molecule has 28 heavy (non-hydrogen) atoms. The summed E-state index contributed by atoms with van der Waals surface area (Å²) in [5.41, 5.74) is 1.05. The molecule has 3 N–H and O–H groups in total. The van der Waals surface area contributed by atoms with Gasteiger partial charge in [-0.2, -0.15) is 10.4 Å². The number of nitrogens with zero attached hydrogens (tertiary/aromatic N) is 5. The fourth-order valence-electron chi connectivity index (χ4n) is 3.28. The normalized spacial score (nSPS) is 15.6. The second kappa shape index (κ2) is 8.04. The van der Waals surface area contributed by atoms with Crippen molar-refractivity contribution >= 4 is 18.9 Å². The molecule has 1 fully saturated rings. The molecule has 0 radical (unpaired) electrons. The zero-order valence-electron chi connectivity index (χ0n) is 14.9. The first-order chi connectivity index (χ1) is 13.4. The van der Waals surface area contributed by atoms with Gasteiger partial charge in [-0.05, 0) is 31.7 Å². The first-order valence-corrected chi connectivity index (χ1v) is 10.0. The van der Waals surface area contributed by atoms with Crippen LogP contribution < -0.4 is 0 Å². The van der Waals surface area contributed by atoms with Crippen molar-refractivity contribution in [1.82, 2.24) is 24.7 Å². The van der Waals surface area contributed by atoms with Crippen molar-refractivity contribution in [3.63, 3.8) is 0 Å². The third-order valence-electron chi connectivity index (χ3n) is 4.39. The summed E-state index contributed by atoms with van der Waals surface area (Å²) in [5, 5.41) is 12.7. The first kappa shape index (κ1) is 19.9. The number of nitrogens with one attached hydrogen (secondary N) is 1. The molecule has 0 saturated heterocycles.